The van der Waals surface area contributed by atoms with E-state index in [9.17, 15) is 13.2 Å². The summed E-state index contributed by atoms with van der Waals surface area (Å²) in [6.07, 6.45) is 0. The molecule has 7 nitrogen and oxygen atoms in total. The van der Waals surface area contributed by atoms with Crippen molar-refractivity contribution in [3.8, 4) is 5.75 Å². The smallest absolute Gasteiger partial charge is 0.261 e. The lowest BCUT2D eigenvalue weighted by Crippen LogP contribution is -2.28. The fourth-order valence-electron chi connectivity index (χ4n) is 2.28. The maximum absolute atomic E-state index is 12.6. The van der Waals surface area contributed by atoms with Gasteiger partial charge in [-0.15, -0.1) is 0 Å². The minimum Gasteiger partial charge on any atom is -0.497 e. The molecular formula is C18H22N2O5S. The van der Waals surface area contributed by atoms with Gasteiger partial charge in [-0.05, 0) is 36.8 Å². The van der Waals surface area contributed by atoms with Crippen LogP contribution in [0.2, 0.25) is 0 Å². The molecule has 26 heavy (non-hydrogen) atoms. The molecule has 0 aliphatic heterocycles. The van der Waals surface area contributed by atoms with E-state index in [1.54, 1.807) is 37.3 Å². The molecule has 0 heterocycles. The van der Waals surface area contributed by atoms with Crippen LogP contribution in [0.3, 0.4) is 0 Å². The van der Waals surface area contributed by atoms with Crippen LogP contribution in [0.25, 0.3) is 0 Å². The first-order valence-corrected chi connectivity index (χ1v) is 9.40. The molecule has 2 aromatic carbocycles. The molecule has 0 aliphatic rings. The van der Waals surface area contributed by atoms with E-state index in [2.05, 4.69) is 10.0 Å². The molecule has 0 saturated heterocycles. The molecule has 2 N–H and O–H groups in total. The molecule has 2 aromatic rings. The topological polar surface area (TPSA) is 93.7 Å². The Morgan fingerprint density at radius 2 is 1.88 bits per heavy atom. The minimum absolute atomic E-state index is 0.00260. The first-order chi connectivity index (χ1) is 12.4. The van der Waals surface area contributed by atoms with Crippen LogP contribution < -0.4 is 14.8 Å². The number of amides is 1. The lowest BCUT2D eigenvalue weighted by molar-refractivity contribution is 0.0936. The summed E-state index contributed by atoms with van der Waals surface area (Å²) in [7, 11) is -0.808. The van der Waals surface area contributed by atoms with Crippen molar-refractivity contribution in [3.05, 3.63) is 53.6 Å². The summed E-state index contributed by atoms with van der Waals surface area (Å²) in [5.74, 6) is 0.185. The standard InChI is InChI=1S/C18H22N2O5S/c1-13-7-8-16(12-17(13)18(21)19-9-10-24-2)26(22,23)20-14-5-4-6-15(11-14)25-3/h4-8,11-12,20H,9-10H2,1-3H3,(H,19,21). The average molecular weight is 378 g/mol. The van der Waals surface area contributed by atoms with Crippen molar-refractivity contribution in [1.82, 2.24) is 5.32 Å². The van der Waals surface area contributed by atoms with E-state index < -0.39 is 10.0 Å². The van der Waals surface area contributed by atoms with Crippen molar-refractivity contribution in [2.24, 2.45) is 0 Å². The zero-order valence-electron chi connectivity index (χ0n) is 14.9. The number of anilines is 1. The largest absolute Gasteiger partial charge is 0.497 e. The molecule has 8 heteroatoms. The van der Waals surface area contributed by atoms with Gasteiger partial charge >= 0.3 is 0 Å². The monoisotopic (exact) mass is 378 g/mol. The summed E-state index contributed by atoms with van der Waals surface area (Å²) >= 11 is 0. The summed E-state index contributed by atoms with van der Waals surface area (Å²) < 4.78 is 37.8. The van der Waals surface area contributed by atoms with Crippen LogP contribution in [-0.2, 0) is 14.8 Å². The lowest BCUT2D eigenvalue weighted by Gasteiger charge is -2.12. The van der Waals surface area contributed by atoms with Crippen LogP contribution in [0.1, 0.15) is 15.9 Å². The van der Waals surface area contributed by atoms with E-state index in [-0.39, 0.29) is 10.8 Å². The van der Waals surface area contributed by atoms with Gasteiger partial charge in [0.2, 0.25) is 0 Å². The van der Waals surface area contributed by atoms with E-state index in [1.807, 2.05) is 0 Å². The van der Waals surface area contributed by atoms with Crippen LogP contribution in [0, 0.1) is 6.92 Å². The van der Waals surface area contributed by atoms with E-state index in [0.29, 0.717) is 35.7 Å². The summed E-state index contributed by atoms with van der Waals surface area (Å²) in [5.41, 5.74) is 1.35. The number of hydrogen-bond acceptors (Lipinski definition) is 5. The second kappa shape index (κ2) is 8.68. The summed E-state index contributed by atoms with van der Waals surface area (Å²) in [6, 6.07) is 11.0. The third-order valence-electron chi connectivity index (χ3n) is 3.68. The third-order valence-corrected chi connectivity index (χ3v) is 5.06. The highest BCUT2D eigenvalue weighted by Gasteiger charge is 2.18. The van der Waals surface area contributed by atoms with Gasteiger partial charge in [0, 0.05) is 25.3 Å². The van der Waals surface area contributed by atoms with Gasteiger partial charge in [-0.1, -0.05) is 12.1 Å². The Morgan fingerprint density at radius 3 is 2.58 bits per heavy atom. The molecule has 140 valence electrons. The van der Waals surface area contributed by atoms with Gasteiger partial charge in [0.25, 0.3) is 15.9 Å². The summed E-state index contributed by atoms with van der Waals surface area (Å²) in [5, 5.41) is 2.69. The molecule has 0 unspecified atom stereocenters. The van der Waals surface area contributed by atoms with E-state index in [1.165, 1.54) is 26.4 Å². The number of nitrogens with one attached hydrogen (secondary N) is 2. The molecule has 0 aliphatic carbocycles. The Hall–Kier alpha value is -2.58. The quantitative estimate of drug-likeness (QED) is 0.687. The molecule has 1 amide bonds. The van der Waals surface area contributed by atoms with Gasteiger partial charge in [-0.3, -0.25) is 9.52 Å². The van der Waals surface area contributed by atoms with Gasteiger partial charge in [0.05, 0.1) is 24.3 Å². The Morgan fingerprint density at radius 1 is 1.12 bits per heavy atom. The first kappa shape index (κ1) is 19.7. The van der Waals surface area contributed by atoms with Crippen molar-refractivity contribution in [2.75, 3.05) is 32.1 Å². The minimum atomic E-state index is -3.85. The average Bonchev–Trinajstić information content (AvgIpc) is 2.61. The number of carbonyl (C=O) groups excluding carboxylic acids is 1. The number of carbonyl (C=O) groups is 1. The van der Waals surface area contributed by atoms with Crippen molar-refractivity contribution >= 4 is 21.6 Å². The number of methoxy groups -OCH3 is 2. The Labute approximate surface area is 153 Å². The molecule has 0 radical (unpaired) electrons. The van der Waals surface area contributed by atoms with Crippen LogP contribution in [-0.4, -0.2) is 41.7 Å². The number of aryl methyl sites for hydroxylation is 1. The Balaban J connectivity index is 2.26. The maximum Gasteiger partial charge on any atom is 0.261 e. The fraction of sp³-hybridized carbons (Fsp3) is 0.278. The van der Waals surface area contributed by atoms with Crippen LogP contribution in [0.4, 0.5) is 5.69 Å². The summed E-state index contributed by atoms with van der Waals surface area (Å²) in [6.45, 7) is 2.46. The molecule has 0 atom stereocenters. The van der Waals surface area contributed by atoms with Crippen molar-refractivity contribution < 1.29 is 22.7 Å². The molecule has 0 saturated carbocycles. The fourth-order valence-corrected chi connectivity index (χ4v) is 3.35. The highest BCUT2D eigenvalue weighted by Crippen LogP contribution is 2.22. The van der Waals surface area contributed by atoms with Gasteiger partial charge in [0.1, 0.15) is 5.75 Å². The highest BCUT2D eigenvalue weighted by molar-refractivity contribution is 7.92. The van der Waals surface area contributed by atoms with Crippen molar-refractivity contribution in [2.45, 2.75) is 11.8 Å². The molecule has 0 fully saturated rings. The highest BCUT2D eigenvalue weighted by atomic mass is 32.2. The van der Waals surface area contributed by atoms with E-state index in [0.717, 1.165) is 0 Å². The zero-order chi connectivity index (χ0) is 19.2. The number of ether oxygens (including phenoxy) is 2. The van der Waals surface area contributed by atoms with Crippen LogP contribution >= 0.6 is 0 Å². The molecule has 0 bridgehead atoms. The SMILES string of the molecule is COCCNC(=O)c1cc(S(=O)(=O)Nc2cccc(OC)c2)ccc1C. The van der Waals surface area contributed by atoms with Gasteiger partial charge in [-0.25, -0.2) is 8.42 Å². The Kier molecular flexibility index (Phi) is 6.59. The second-order valence-electron chi connectivity index (χ2n) is 5.56. The van der Waals surface area contributed by atoms with Crippen LogP contribution in [0.15, 0.2) is 47.4 Å². The normalized spacial score (nSPS) is 11.0. The van der Waals surface area contributed by atoms with Gasteiger partial charge in [-0.2, -0.15) is 0 Å². The summed E-state index contributed by atoms with van der Waals surface area (Å²) in [4.78, 5) is 12.3. The third kappa shape index (κ3) is 4.96. The number of benzene rings is 2. The van der Waals surface area contributed by atoms with Gasteiger partial charge in [0.15, 0.2) is 0 Å². The molecule has 2 rings (SSSR count). The maximum atomic E-state index is 12.6. The van der Waals surface area contributed by atoms with E-state index >= 15 is 0 Å². The lowest BCUT2D eigenvalue weighted by atomic mass is 10.1. The predicted octanol–water partition coefficient (Wildman–Crippen LogP) is 2.18. The Bertz CT molecular complexity index is 881. The number of sulfonamides is 1. The van der Waals surface area contributed by atoms with Crippen molar-refractivity contribution in [1.29, 1.82) is 0 Å². The van der Waals surface area contributed by atoms with Crippen molar-refractivity contribution in [3.63, 3.8) is 0 Å². The number of rotatable bonds is 8. The van der Waals surface area contributed by atoms with Crippen LogP contribution in [0.5, 0.6) is 5.75 Å². The molecule has 0 aromatic heterocycles. The molecular weight excluding hydrogens is 356 g/mol. The number of hydrogen-bond donors (Lipinski definition) is 2. The van der Waals surface area contributed by atoms with Gasteiger partial charge < -0.3 is 14.8 Å². The molecule has 0 spiro atoms. The van der Waals surface area contributed by atoms with E-state index in [4.69, 9.17) is 9.47 Å². The first-order valence-electron chi connectivity index (χ1n) is 7.92. The predicted molar refractivity (Wildman–Crippen MR) is 99.2 cm³/mol. The second-order valence-corrected chi connectivity index (χ2v) is 7.25. The zero-order valence-corrected chi connectivity index (χ0v) is 15.7.